The molecule has 8 heteroatoms. The number of carbonyl (C=O) groups excluding carboxylic acids is 2. The Labute approximate surface area is 295 Å². The third-order valence-electron chi connectivity index (χ3n) is 9.46. The van der Waals surface area contributed by atoms with Crippen LogP contribution in [0.15, 0.2) is 42.6 Å². The van der Waals surface area contributed by atoms with Crippen LogP contribution in [0.4, 0.5) is 8.78 Å². The molecule has 4 rings (SSSR count). The number of benzene rings is 2. The molecule has 0 aliphatic heterocycles. The van der Waals surface area contributed by atoms with Crippen LogP contribution in [0.5, 0.6) is 11.5 Å². The number of aryl methyl sites for hydroxylation is 2. The van der Waals surface area contributed by atoms with Crippen LogP contribution in [0.2, 0.25) is 0 Å². The lowest BCUT2D eigenvalue weighted by Gasteiger charge is -2.30. The highest BCUT2D eigenvalue weighted by Crippen LogP contribution is 2.42. The van der Waals surface area contributed by atoms with Crippen LogP contribution in [0, 0.1) is 11.6 Å². The Morgan fingerprint density at radius 3 is 1.52 bits per heavy atom. The van der Waals surface area contributed by atoms with Crippen LogP contribution in [0.3, 0.4) is 0 Å². The predicted octanol–water partition coefficient (Wildman–Crippen LogP) is 10.1. The van der Waals surface area contributed by atoms with Gasteiger partial charge in [0, 0.05) is 36.4 Å². The average molecular weight is 689 g/mol. The van der Waals surface area contributed by atoms with E-state index in [9.17, 15) is 24.2 Å². The van der Waals surface area contributed by atoms with Crippen molar-refractivity contribution in [3.05, 3.63) is 105 Å². The van der Waals surface area contributed by atoms with Crippen molar-refractivity contribution < 1.29 is 28.6 Å². The number of hydrogen-bond acceptors (Lipinski definition) is 4. The quantitative estimate of drug-likeness (QED) is 0.118. The summed E-state index contributed by atoms with van der Waals surface area (Å²) in [5.74, 6) is -1.26. The molecule has 0 saturated heterocycles. The first-order valence-electron chi connectivity index (χ1n) is 17.4. The first kappa shape index (κ1) is 38.6. The highest BCUT2D eigenvalue weighted by molar-refractivity contribution is 5.95. The fourth-order valence-electron chi connectivity index (χ4n) is 6.56. The zero-order chi connectivity index (χ0) is 37.6. The monoisotopic (exact) mass is 688 g/mol. The number of aromatic amines is 2. The summed E-state index contributed by atoms with van der Waals surface area (Å²) in [6.45, 7) is 22.1. The maximum atomic E-state index is 15.3. The summed E-state index contributed by atoms with van der Waals surface area (Å²) in [5.41, 5.74) is 3.71. The minimum absolute atomic E-state index is 0.0747. The second-order valence-corrected chi connectivity index (χ2v) is 17.5. The van der Waals surface area contributed by atoms with Gasteiger partial charge in [-0.2, -0.15) is 0 Å². The van der Waals surface area contributed by atoms with Crippen LogP contribution >= 0.6 is 0 Å². The number of nitrogens with one attached hydrogen (secondary N) is 2. The van der Waals surface area contributed by atoms with Crippen molar-refractivity contribution in [2.24, 2.45) is 0 Å². The minimum atomic E-state index is -0.691. The summed E-state index contributed by atoms with van der Waals surface area (Å²) in [5, 5.41) is 22.6. The highest BCUT2D eigenvalue weighted by Gasteiger charge is 2.32. The maximum absolute atomic E-state index is 15.3. The lowest BCUT2D eigenvalue weighted by molar-refractivity contribution is 0.0968. The average Bonchev–Trinajstić information content (AvgIpc) is 3.58. The number of rotatable bonds is 11. The van der Waals surface area contributed by atoms with Crippen LogP contribution < -0.4 is 0 Å². The molecule has 0 aliphatic rings. The molecule has 0 bridgehead atoms. The molecule has 270 valence electrons. The molecule has 0 radical (unpaired) electrons. The standard InChI is InChI=1S/C42H54F2N2O4/c1-39(2,3)28-16-24(17-29(37(28)49)40(4,5)6)13-15-35(48)36-32(44)21-27(46-36)22-42(10,11)31-19-25(18-30(38(31)50)41(7,8)9)12-14-34(47)33-20-26(43)23-45-33/h16-21,23,45-46,49-50H,12-15,22H2,1-11H3. The molecule has 0 amide bonds. The van der Waals surface area contributed by atoms with Crippen molar-refractivity contribution in [3.8, 4) is 11.5 Å². The van der Waals surface area contributed by atoms with Crippen LogP contribution in [0.25, 0.3) is 0 Å². The Bertz CT molecular complexity index is 1860. The topological polar surface area (TPSA) is 106 Å². The van der Waals surface area contributed by atoms with Crippen LogP contribution in [0.1, 0.15) is 149 Å². The van der Waals surface area contributed by atoms with Crippen LogP contribution in [-0.4, -0.2) is 31.7 Å². The van der Waals surface area contributed by atoms with Crippen molar-refractivity contribution in [2.75, 3.05) is 0 Å². The number of phenolic OH excluding ortho intramolecular Hbond substituents is 2. The molecule has 50 heavy (non-hydrogen) atoms. The molecule has 0 spiro atoms. The third kappa shape index (κ3) is 8.74. The fourth-order valence-corrected chi connectivity index (χ4v) is 6.56. The molecular formula is C42H54F2N2O4. The largest absolute Gasteiger partial charge is 0.507 e. The van der Waals surface area contributed by atoms with Crippen molar-refractivity contribution >= 4 is 11.6 Å². The number of halogens is 2. The summed E-state index contributed by atoms with van der Waals surface area (Å²) in [6.07, 6.45) is 2.47. The molecule has 4 aromatic rings. The Kier molecular flexibility index (Phi) is 10.7. The van der Waals surface area contributed by atoms with Crippen molar-refractivity contribution in [1.29, 1.82) is 0 Å². The normalized spacial score (nSPS) is 12.8. The maximum Gasteiger partial charge on any atom is 0.182 e. The SMILES string of the molecule is CC(C)(C)c1cc(CCC(=O)c2[nH]c(CC(C)(C)c3cc(CCC(=O)c4cc(F)c[nH]4)cc(C(C)(C)C)c3O)cc2F)cc(C(C)(C)C)c1O. The van der Waals surface area contributed by atoms with Gasteiger partial charge in [-0.25, -0.2) is 8.78 Å². The number of ketones is 2. The van der Waals surface area contributed by atoms with E-state index in [-0.39, 0.29) is 58.1 Å². The summed E-state index contributed by atoms with van der Waals surface area (Å²) in [6, 6.07) is 10.2. The molecule has 0 unspecified atom stereocenters. The van der Waals surface area contributed by atoms with E-state index in [1.54, 1.807) is 0 Å². The van der Waals surface area contributed by atoms with E-state index in [1.165, 1.54) is 12.1 Å². The van der Waals surface area contributed by atoms with E-state index in [4.69, 9.17) is 0 Å². The number of aromatic hydroxyl groups is 2. The molecule has 2 aromatic heterocycles. The first-order chi connectivity index (χ1) is 22.9. The van der Waals surface area contributed by atoms with Gasteiger partial charge in [0.25, 0.3) is 0 Å². The zero-order valence-corrected chi connectivity index (χ0v) is 31.5. The van der Waals surface area contributed by atoms with E-state index in [0.717, 1.165) is 34.0 Å². The van der Waals surface area contributed by atoms with Gasteiger partial charge in [0.05, 0.1) is 5.69 Å². The molecule has 0 atom stereocenters. The van der Waals surface area contributed by atoms with Gasteiger partial charge < -0.3 is 20.2 Å². The summed E-state index contributed by atoms with van der Waals surface area (Å²) < 4.78 is 28.8. The van der Waals surface area contributed by atoms with Gasteiger partial charge in [-0.1, -0.05) is 100 Å². The highest BCUT2D eigenvalue weighted by atomic mass is 19.1. The Morgan fingerprint density at radius 1 is 0.640 bits per heavy atom. The van der Waals surface area contributed by atoms with Gasteiger partial charge in [-0.05, 0) is 74.8 Å². The van der Waals surface area contributed by atoms with Crippen molar-refractivity contribution in [2.45, 2.75) is 130 Å². The first-order valence-corrected chi connectivity index (χ1v) is 17.4. The predicted molar refractivity (Wildman–Crippen MR) is 196 cm³/mol. The number of Topliss-reactive ketones (excluding diaryl/α,β-unsaturated/α-hetero) is 2. The van der Waals surface area contributed by atoms with Crippen molar-refractivity contribution in [3.63, 3.8) is 0 Å². The van der Waals surface area contributed by atoms with Gasteiger partial charge in [0.1, 0.15) is 23.0 Å². The number of H-pyrrole nitrogens is 2. The number of aromatic nitrogens is 2. The molecule has 0 fully saturated rings. The second-order valence-electron chi connectivity index (χ2n) is 17.5. The molecule has 0 saturated carbocycles. The number of phenols is 2. The Balaban J connectivity index is 1.57. The summed E-state index contributed by atoms with van der Waals surface area (Å²) >= 11 is 0. The van der Waals surface area contributed by atoms with E-state index in [2.05, 4.69) is 9.97 Å². The molecule has 2 aromatic carbocycles. The van der Waals surface area contributed by atoms with Gasteiger partial charge in [-0.3, -0.25) is 9.59 Å². The van der Waals surface area contributed by atoms with Gasteiger partial charge in [0.2, 0.25) is 0 Å². The number of hydrogen-bond donors (Lipinski definition) is 4. The Morgan fingerprint density at radius 2 is 1.08 bits per heavy atom. The number of carbonyl (C=O) groups is 2. The zero-order valence-electron chi connectivity index (χ0n) is 31.5. The molecule has 4 N–H and O–H groups in total. The smallest absolute Gasteiger partial charge is 0.182 e. The van der Waals surface area contributed by atoms with E-state index in [1.807, 2.05) is 100 Å². The molecular weight excluding hydrogens is 634 g/mol. The molecule has 0 aliphatic carbocycles. The summed E-state index contributed by atoms with van der Waals surface area (Å²) in [7, 11) is 0. The lowest BCUT2D eigenvalue weighted by Crippen LogP contribution is -2.23. The van der Waals surface area contributed by atoms with Crippen molar-refractivity contribution in [1.82, 2.24) is 9.97 Å². The molecule has 6 nitrogen and oxygen atoms in total. The minimum Gasteiger partial charge on any atom is -0.507 e. The van der Waals surface area contributed by atoms with Gasteiger partial charge in [0.15, 0.2) is 17.4 Å². The molecule has 2 heterocycles. The third-order valence-corrected chi connectivity index (χ3v) is 9.46. The fraction of sp³-hybridized carbons (Fsp3) is 0.476. The van der Waals surface area contributed by atoms with Gasteiger partial charge in [-0.15, -0.1) is 0 Å². The van der Waals surface area contributed by atoms with Crippen LogP contribution in [-0.2, 0) is 40.9 Å². The summed E-state index contributed by atoms with van der Waals surface area (Å²) in [4.78, 5) is 31.8. The lowest BCUT2D eigenvalue weighted by atomic mass is 9.75. The second kappa shape index (κ2) is 13.8. The van der Waals surface area contributed by atoms with E-state index in [0.29, 0.717) is 30.5 Å². The van der Waals surface area contributed by atoms with E-state index >= 15 is 4.39 Å². The van der Waals surface area contributed by atoms with E-state index < -0.39 is 22.5 Å². The Hall–Kier alpha value is -4.20. The van der Waals surface area contributed by atoms with Gasteiger partial charge >= 0.3 is 0 Å².